The van der Waals surface area contributed by atoms with E-state index in [9.17, 15) is 0 Å². The Bertz CT molecular complexity index is 1150. The van der Waals surface area contributed by atoms with Gasteiger partial charge in [-0.2, -0.15) is 0 Å². The van der Waals surface area contributed by atoms with Crippen molar-refractivity contribution in [3.63, 3.8) is 0 Å². The topological polar surface area (TPSA) is 52.0 Å². The van der Waals surface area contributed by atoms with Crippen molar-refractivity contribution in [1.29, 1.82) is 0 Å². The number of hydrogen-bond donors (Lipinski definition) is 2. The molecule has 0 bridgehead atoms. The zero-order valence-electron chi connectivity index (χ0n) is 24.1. The third-order valence-electron chi connectivity index (χ3n) is 8.22. The minimum Gasteiger partial charge on any atom is -0.399 e. The maximum Gasteiger partial charge on any atom is 0.0314 e. The van der Waals surface area contributed by atoms with Gasteiger partial charge in [0.15, 0.2) is 0 Å². The summed E-state index contributed by atoms with van der Waals surface area (Å²) in [6.07, 6.45) is 8.02. The number of benzene rings is 4. The summed E-state index contributed by atoms with van der Waals surface area (Å²) < 4.78 is 0. The van der Waals surface area contributed by atoms with Gasteiger partial charge in [-0.15, -0.1) is 0 Å². The molecule has 0 amide bonds. The van der Waals surface area contributed by atoms with Gasteiger partial charge in [-0.1, -0.05) is 113 Å². The van der Waals surface area contributed by atoms with E-state index in [1.165, 1.54) is 39.8 Å². The maximum atomic E-state index is 5.93. The molecule has 0 spiro atoms. The Balaban J connectivity index is 1.41. The summed E-state index contributed by atoms with van der Waals surface area (Å²) >= 11 is 0. The number of hydrogen-bond acceptors (Lipinski definition) is 2. The normalized spacial score (nSPS) is 13.6. The van der Waals surface area contributed by atoms with Crippen LogP contribution in [-0.2, 0) is 12.8 Å². The summed E-state index contributed by atoms with van der Waals surface area (Å²) in [4.78, 5) is 0. The zero-order chi connectivity index (χ0) is 27.6. The summed E-state index contributed by atoms with van der Waals surface area (Å²) in [5.74, 6) is 1.48. The Morgan fingerprint density at radius 3 is 1.05 bits per heavy atom. The summed E-state index contributed by atoms with van der Waals surface area (Å²) in [5.41, 5.74) is 21.9. The van der Waals surface area contributed by atoms with Crippen LogP contribution in [0.2, 0.25) is 0 Å². The fourth-order valence-corrected chi connectivity index (χ4v) is 5.89. The molecule has 0 heterocycles. The highest BCUT2D eigenvalue weighted by molar-refractivity contribution is 5.44. The average molecular weight is 519 g/mol. The molecular weight excluding hydrogens is 472 g/mol. The SMILES string of the molecule is CCCC(c1ccc(N)cc1)c1ccc(CC(CC)Cc2ccc(C(CCC)c3ccc(N)cc3)cc2)cc1. The summed E-state index contributed by atoms with van der Waals surface area (Å²) in [5, 5.41) is 0. The lowest BCUT2D eigenvalue weighted by Gasteiger charge is -2.20. The van der Waals surface area contributed by atoms with Crippen LogP contribution in [0.5, 0.6) is 0 Å². The molecule has 2 atom stereocenters. The second kappa shape index (κ2) is 14.0. The average Bonchev–Trinajstić information content (AvgIpc) is 2.96. The molecule has 0 aromatic heterocycles. The molecule has 0 fully saturated rings. The van der Waals surface area contributed by atoms with Gasteiger partial charge in [0, 0.05) is 23.2 Å². The molecule has 0 aliphatic heterocycles. The van der Waals surface area contributed by atoms with E-state index in [1.807, 2.05) is 24.3 Å². The Labute approximate surface area is 236 Å². The highest BCUT2D eigenvalue weighted by atomic mass is 14.5. The van der Waals surface area contributed by atoms with E-state index in [0.717, 1.165) is 49.9 Å². The van der Waals surface area contributed by atoms with Crippen LogP contribution in [0.3, 0.4) is 0 Å². The molecule has 2 unspecified atom stereocenters. The lowest BCUT2D eigenvalue weighted by atomic mass is 9.85. The molecule has 0 aliphatic carbocycles. The summed E-state index contributed by atoms with van der Waals surface area (Å²) in [7, 11) is 0. The van der Waals surface area contributed by atoms with Crippen LogP contribution in [0, 0.1) is 5.92 Å². The van der Waals surface area contributed by atoms with Crippen LogP contribution < -0.4 is 11.5 Å². The molecular formula is C37H46N2. The van der Waals surface area contributed by atoms with Gasteiger partial charge in [0.1, 0.15) is 0 Å². The molecule has 4 aromatic carbocycles. The monoisotopic (exact) mass is 518 g/mol. The van der Waals surface area contributed by atoms with Crippen molar-refractivity contribution in [3.05, 3.63) is 130 Å². The van der Waals surface area contributed by atoms with Gasteiger partial charge in [-0.3, -0.25) is 0 Å². The van der Waals surface area contributed by atoms with Crippen molar-refractivity contribution in [2.75, 3.05) is 11.5 Å². The first-order valence-corrected chi connectivity index (χ1v) is 14.9. The molecule has 0 saturated carbocycles. The first kappa shape index (κ1) is 28.5. The molecule has 0 aliphatic rings. The Kier molecular flexibility index (Phi) is 10.3. The Morgan fingerprint density at radius 1 is 0.462 bits per heavy atom. The predicted octanol–water partition coefficient (Wildman–Crippen LogP) is 9.53. The van der Waals surface area contributed by atoms with Crippen molar-refractivity contribution >= 4 is 11.4 Å². The van der Waals surface area contributed by atoms with E-state index in [-0.39, 0.29) is 0 Å². The van der Waals surface area contributed by atoms with E-state index in [1.54, 1.807) is 0 Å². The van der Waals surface area contributed by atoms with E-state index >= 15 is 0 Å². The fraction of sp³-hybridized carbons (Fsp3) is 0.351. The largest absolute Gasteiger partial charge is 0.399 e. The van der Waals surface area contributed by atoms with Crippen LogP contribution in [0.15, 0.2) is 97.1 Å². The predicted molar refractivity (Wildman–Crippen MR) is 169 cm³/mol. The van der Waals surface area contributed by atoms with E-state index in [2.05, 4.69) is 93.6 Å². The van der Waals surface area contributed by atoms with Crippen molar-refractivity contribution in [2.45, 2.75) is 77.6 Å². The zero-order valence-corrected chi connectivity index (χ0v) is 24.1. The van der Waals surface area contributed by atoms with Crippen LogP contribution in [-0.4, -0.2) is 0 Å². The quantitative estimate of drug-likeness (QED) is 0.173. The fourth-order valence-electron chi connectivity index (χ4n) is 5.89. The lowest BCUT2D eigenvalue weighted by molar-refractivity contribution is 0.504. The van der Waals surface area contributed by atoms with Crippen molar-refractivity contribution in [3.8, 4) is 0 Å². The molecule has 2 heteroatoms. The van der Waals surface area contributed by atoms with Gasteiger partial charge >= 0.3 is 0 Å². The van der Waals surface area contributed by atoms with Crippen LogP contribution >= 0.6 is 0 Å². The van der Waals surface area contributed by atoms with E-state index in [0.29, 0.717) is 17.8 Å². The number of nitrogen functional groups attached to an aromatic ring is 2. The smallest absolute Gasteiger partial charge is 0.0314 e. The van der Waals surface area contributed by atoms with Gasteiger partial charge in [0.25, 0.3) is 0 Å². The first-order chi connectivity index (χ1) is 19.0. The molecule has 0 saturated heterocycles. The van der Waals surface area contributed by atoms with Crippen molar-refractivity contribution in [1.82, 2.24) is 0 Å². The second-order valence-corrected chi connectivity index (χ2v) is 11.2. The molecule has 204 valence electrons. The Morgan fingerprint density at radius 2 is 0.769 bits per heavy atom. The number of rotatable bonds is 13. The van der Waals surface area contributed by atoms with E-state index < -0.39 is 0 Å². The molecule has 39 heavy (non-hydrogen) atoms. The minimum atomic E-state index is 0.426. The molecule has 2 nitrogen and oxygen atoms in total. The molecule has 4 N–H and O–H groups in total. The van der Waals surface area contributed by atoms with Crippen molar-refractivity contribution < 1.29 is 0 Å². The van der Waals surface area contributed by atoms with Crippen LogP contribution in [0.4, 0.5) is 11.4 Å². The minimum absolute atomic E-state index is 0.426. The van der Waals surface area contributed by atoms with Gasteiger partial charge in [-0.25, -0.2) is 0 Å². The van der Waals surface area contributed by atoms with Crippen molar-refractivity contribution in [2.24, 2.45) is 5.92 Å². The number of nitrogens with two attached hydrogens (primary N) is 2. The third kappa shape index (κ3) is 7.76. The standard InChI is InChI=1S/C37H46N2/c1-4-7-36(32-17-21-34(38)22-18-32)30-13-9-28(10-14-30)25-27(6-3)26-29-11-15-31(16-12-29)37(8-5-2)33-19-23-35(39)24-20-33/h9-24,27,36-37H,4-8,25-26,38-39H2,1-3H3. The van der Waals surface area contributed by atoms with E-state index in [4.69, 9.17) is 11.5 Å². The van der Waals surface area contributed by atoms with Gasteiger partial charge in [-0.05, 0) is 89.2 Å². The summed E-state index contributed by atoms with van der Waals surface area (Å²) in [6.45, 7) is 6.85. The third-order valence-corrected chi connectivity index (χ3v) is 8.22. The highest BCUT2D eigenvalue weighted by Gasteiger charge is 2.16. The highest BCUT2D eigenvalue weighted by Crippen LogP contribution is 2.32. The molecule has 4 aromatic rings. The molecule has 4 rings (SSSR count). The van der Waals surface area contributed by atoms with Gasteiger partial charge < -0.3 is 11.5 Å². The first-order valence-electron chi connectivity index (χ1n) is 14.9. The van der Waals surface area contributed by atoms with Gasteiger partial charge in [0.05, 0.1) is 0 Å². The lowest BCUT2D eigenvalue weighted by Crippen LogP contribution is -2.08. The Hall–Kier alpha value is -3.52. The van der Waals surface area contributed by atoms with Gasteiger partial charge in [0.2, 0.25) is 0 Å². The summed E-state index contributed by atoms with van der Waals surface area (Å²) in [6, 6.07) is 35.6. The van der Waals surface area contributed by atoms with Crippen LogP contribution in [0.1, 0.15) is 98.1 Å². The van der Waals surface area contributed by atoms with Crippen LogP contribution in [0.25, 0.3) is 0 Å². The second-order valence-electron chi connectivity index (χ2n) is 11.2. The molecule has 0 radical (unpaired) electrons. The maximum absolute atomic E-state index is 5.93. The number of anilines is 2.